The van der Waals surface area contributed by atoms with Crippen LogP contribution in [0.15, 0.2) is 60.7 Å². The fraction of sp³-hybridized carbons (Fsp3) is 0.400. The molecule has 2 amide bonds. The van der Waals surface area contributed by atoms with Gasteiger partial charge in [0, 0.05) is 56.2 Å². The molecule has 3 aromatic rings. The first-order chi connectivity index (χ1) is 18.1. The smallest absolute Gasteiger partial charge is 0.256 e. The van der Waals surface area contributed by atoms with Crippen LogP contribution in [0.5, 0.6) is 0 Å². The van der Waals surface area contributed by atoms with E-state index in [0.717, 1.165) is 75.2 Å². The number of ether oxygens (including phenoxy) is 1. The second-order valence-electron chi connectivity index (χ2n) is 10.1. The van der Waals surface area contributed by atoms with Crippen LogP contribution in [-0.4, -0.2) is 69.2 Å². The molecule has 37 heavy (non-hydrogen) atoms. The van der Waals surface area contributed by atoms with Gasteiger partial charge in [0.15, 0.2) is 0 Å². The molecule has 0 radical (unpaired) electrons. The third-order valence-electron chi connectivity index (χ3n) is 7.47. The summed E-state index contributed by atoms with van der Waals surface area (Å²) >= 11 is 0. The van der Waals surface area contributed by atoms with E-state index in [9.17, 15) is 9.59 Å². The Bertz CT molecular complexity index is 1240. The van der Waals surface area contributed by atoms with Crippen LogP contribution in [0.4, 0.5) is 11.4 Å². The van der Waals surface area contributed by atoms with E-state index in [-0.39, 0.29) is 11.8 Å². The van der Waals surface area contributed by atoms with Gasteiger partial charge in [-0.15, -0.1) is 0 Å². The fourth-order valence-corrected chi connectivity index (χ4v) is 5.19. The van der Waals surface area contributed by atoms with Crippen LogP contribution in [0.1, 0.15) is 40.5 Å². The number of hydrogen-bond donors (Lipinski definition) is 2. The van der Waals surface area contributed by atoms with E-state index in [2.05, 4.69) is 27.4 Å². The third-order valence-corrected chi connectivity index (χ3v) is 7.47. The molecular formula is C30H36N4O3. The molecular weight excluding hydrogens is 464 g/mol. The number of amides is 2. The van der Waals surface area contributed by atoms with Crippen molar-refractivity contribution in [1.82, 2.24) is 10.2 Å². The Kier molecular flexibility index (Phi) is 8.02. The lowest BCUT2D eigenvalue weighted by atomic mass is 9.97. The molecule has 2 N–H and O–H groups in total. The van der Waals surface area contributed by atoms with Gasteiger partial charge in [-0.05, 0) is 53.8 Å². The van der Waals surface area contributed by atoms with Gasteiger partial charge < -0.3 is 20.3 Å². The molecule has 0 spiro atoms. The molecule has 0 atom stereocenters. The highest BCUT2D eigenvalue weighted by molar-refractivity contribution is 6.13. The maximum absolute atomic E-state index is 13.4. The van der Waals surface area contributed by atoms with E-state index in [4.69, 9.17) is 4.74 Å². The number of piperidine rings is 1. The van der Waals surface area contributed by atoms with Gasteiger partial charge in [-0.25, -0.2) is 0 Å². The Morgan fingerprint density at radius 2 is 1.65 bits per heavy atom. The Morgan fingerprint density at radius 3 is 2.46 bits per heavy atom. The van der Waals surface area contributed by atoms with Crippen molar-refractivity contribution in [2.24, 2.45) is 5.92 Å². The summed E-state index contributed by atoms with van der Waals surface area (Å²) in [5, 5.41) is 8.07. The van der Waals surface area contributed by atoms with Gasteiger partial charge in [0.2, 0.25) is 0 Å². The standard InChI is InChI=1S/C30H36N4O3/c1-22-11-14-34(15-12-22)28-10-9-24(21-27(28)29(35)31-13-16-33-17-19-37-20-18-33)32-30(36)26-8-4-6-23-5-2-3-7-25(23)26/h2-10,21-22H,11-20H2,1H3,(H,31,35)(H,32,36). The van der Waals surface area contributed by atoms with Gasteiger partial charge in [0.05, 0.1) is 18.8 Å². The Morgan fingerprint density at radius 1 is 0.892 bits per heavy atom. The molecule has 0 bridgehead atoms. The lowest BCUT2D eigenvalue weighted by Crippen LogP contribution is -2.41. The number of rotatable bonds is 7. The molecule has 0 aromatic heterocycles. The predicted octanol–water partition coefficient (Wildman–Crippen LogP) is 4.39. The number of hydrogen-bond acceptors (Lipinski definition) is 5. The normalized spacial score (nSPS) is 17.1. The molecule has 2 heterocycles. The van der Waals surface area contributed by atoms with Crippen molar-refractivity contribution in [2.75, 3.05) is 62.7 Å². The first-order valence-corrected chi connectivity index (χ1v) is 13.3. The zero-order valence-corrected chi connectivity index (χ0v) is 21.5. The van der Waals surface area contributed by atoms with Crippen LogP contribution in [0.2, 0.25) is 0 Å². The molecule has 2 aliphatic rings. The predicted molar refractivity (Wildman–Crippen MR) is 149 cm³/mol. The van der Waals surface area contributed by atoms with Crippen molar-refractivity contribution in [3.05, 3.63) is 71.8 Å². The van der Waals surface area contributed by atoms with Crippen molar-refractivity contribution in [3.63, 3.8) is 0 Å². The topological polar surface area (TPSA) is 73.9 Å². The highest BCUT2D eigenvalue weighted by atomic mass is 16.5. The number of morpholine rings is 1. The molecule has 0 saturated carbocycles. The first-order valence-electron chi connectivity index (χ1n) is 13.3. The molecule has 7 nitrogen and oxygen atoms in total. The molecule has 2 aliphatic heterocycles. The SMILES string of the molecule is CC1CCN(c2ccc(NC(=O)c3cccc4ccccc34)cc2C(=O)NCCN2CCOCC2)CC1. The molecule has 5 rings (SSSR count). The van der Waals surface area contributed by atoms with Crippen LogP contribution in [0, 0.1) is 5.92 Å². The summed E-state index contributed by atoms with van der Waals surface area (Å²) in [4.78, 5) is 31.2. The van der Waals surface area contributed by atoms with E-state index in [1.807, 2.05) is 60.7 Å². The van der Waals surface area contributed by atoms with Gasteiger partial charge in [0.25, 0.3) is 11.8 Å². The van der Waals surface area contributed by atoms with E-state index >= 15 is 0 Å². The highest BCUT2D eigenvalue weighted by Crippen LogP contribution is 2.29. The van der Waals surface area contributed by atoms with Gasteiger partial charge >= 0.3 is 0 Å². The summed E-state index contributed by atoms with van der Waals surface area (Å²) in [5.41, 5.74) is 2.76. The number of nitrogens with zero attached hydrogens (tertiary/aromatic N) is 2. The molecule has 194 valence electrons. The average molecular weight is 501 g/mol. The Labute approximate surface area is 218 Å². The zero-order valence-electron chi connectivity index (χ0n) is 21.5. The molecule has 3 aromatic carbocycles. The minimum atomic E-state index is -0.185. The number of benzene rings is 3. The van der Waals surface area contributed by atoms with E-state index < -0.39 is 0 Å². The Balaban J connectivity index is 1.35. The first kappa shape index (κ1) is 25.2. The summed E-state index contributed by atoms with van der Waals surface area (Å²) in [6.07, 6.45) is 2.22. The summed E-state index contributed by atoms with van der Waals surface area (Å²) in [7, 11) is 0. The van der Waals surface area contributed by atoms with Gasteiger partial charge in [0.1, 0.15) is 0 Å². The van der Waals surface area contributed by atoms with Crippen LogP contribution >= 0.6 is 0 Å². The maximum Gasteiger partial charge on any atom is 0.256 e. The lowest BCUT2D eigenvalue weighted by Gasteiger charge is -2.33. The summed E-state index contributed by atoms with van der Waals surface area (Å²) in [6, 6.07) is 19.3. The van der Waals surface area contributed by atoms with E-state index in [1.54, 1.807) is 0 Å². The minimum Gasteiger partial charge on any atom is -0.379 e. The summed E-state index contributed by atoms with van der Waals surface area (Å²) in [5.74, 6) is 0.402. The minimum absolute atomic E-state index is 0.108. The summed E-state index contributed by atoms with van der Waals surface area (Å²) in [6.45, 7) is 8.76. The lowest BCUT2D eigenvalue weighted by molar-refractivity contribution is 0.0383. The quantitative estimate of drug-likeness (QED) is 0.503. The largest absolute Gasteiger partial charge is 0.379 e. The van der Waals surface area contributed by atoms with Crippen LogP contribution < -0.4 is 15.5 Å². The number of nitrogens with one attached hydrogen (secondary N) is 2. The monoisotopic (exact) mass is 500 g/mol. The number of carbonyl (C=O) groups excluding carboxylic acids is 2. The number of anilines is 2. The summed E-state index contributed by atoms with van der Waals surface area (Å²) < 4.78 is 5.42. The van der Waals surface area contributed by atoms with E-state index in [0.29, 0.717) is 29.3 Å². The molecule has 0 aliphatic carbocycles. The second kappa shape index (κ2) is 11.8. The van der Waals surface area contributed by atoms with Crippen molar-refractivity contribution >= 4 is 34.0 Å². The Hall–Kier alpha value is -3.42. The number of fused-ring (bicyclic) bond motifs is 1. The second-order valence-corrected chi connectivity index (χ2v) is 10.1. The third kappa shape index (κ3) is 6.12. The molecule has 7 heteroatoms. The van der Waals surface area contributed by atoms with Crippen molar-refractivity contribution in [1.29, 1.82) is 0 Å². The molecule has 2 fully saturated rings. The number of carbonyl (C=O) groups is 2. The average Bonchev–Trinajstić information content (AvgIpc) is 2.93. The van der Waals surface area contributed by atoms with E-state index in [1.165, 1.54) is 0 Å². The fourth-order valence-electron chi connectivity index (χ4n) is 5.19. The maximum atomic E-state index is 13.4. The molecule has 2 saturated heterocycles. The van der Waals surface area contributed by atoms with Crippen LogP contribution in [0.25, 0.3) is 10.8 Å². The zero-order chi connectivity index (χ0) is 25.6. The van der Waals surface area contributed by atoms with Gasteiger partial charge in [-0.3, -0.25) is 14.5 Å². The van der Waals surface area contributed by atoms with Crippen molar-refractivity contribution < 1.29 is 14.3 Å². The van der Waals surface area contributed by atoms with Crippen LogP contribution in [0.3, 0.4) is 0 Å². The van der Waals surface area contributed by atoms with Crippen molar-refractivity contribution in [2.45, 2.75) is 19.8 Å². The van der Waals surface area contributed by atoms with Gasteiger partial charge in [-0.2, -0.15) is 0 Å². The molecule has 0 unspecified atom stereocenters. The van der Waals surface area contributed by atoms with Crippen LogP contribution in [-0.2, 0) is 4.74 Å². The van der Waals surface area contributed by atoms with Gasteiger partial charge in [-0.1, -0.05) is 43.3 Å². The highest BCUT2D eigenvalue weighted by Gasteiger charge is 2.22. The van der Waals surface area contributed by atoms with Crippen molar-refractivity contribution in [3.8, 4) is 0 Å².